The second-order valence-corrected chi connectivity index (χ2v) is 4.51. The predicted molar refractivity (Wildman–Crippen MR) is 76.6 cm³/mol. The van der Waals surface area contributed by atoms with Gasteiger partial charge >= 0.3 is 0 Å². The van der Waals surface area contributed by atoms with Crippen LogP contribution >= 0.6 is 0 Å². The SMILES string of the molecule is CC(C)Oc1cccc(C(=O)Nc2ccccc2)c1. The number of nitrogens with one attached hydrogen (secondary N) is 1. The van der Waals surface area contributed by atoms with Gasteiger partial charge in [0.1, 0.15) is 5.75 Å². The van der Waals surface area contributed by atoms with Gasteiger partial charge in [-0.25, -0.2) is 0 Å². The lowest BCUT2D eigenvalue weighted by atomic mass is 10.2. The van der Waals surface area contributed by atoms with Crippen LogP contribution in [0.1, 0.15) is 24.2 Å². The number of hydrogen-bond acceptors (Lipinski definition) is 2. The van der Waals surface area contributed by atoms with Gasteiger partial charge < -0.3 is 10.1 Å². The average molecular weight is 255 g/mol. The van der Waals surface area contributed by atoms with Crippen LogP contribution in [-0.4, -0.2) is 12.0 Å². The highest BCUT2D eigenvalue weighted by atomic mass is 16.5. The van der Waals surface area contributed by atoms with E-state index in [1.54, 1.807) is 12.1 Å². The van der Waals surface area contributed by atoms with Crippen LogP contribution < -0.4 is 10.1 Å². The van der Waals surface area contributed by atoms with Gasteiger partial charge in [0, 0.05) is 11.3 Å². The molecular weight excluding hydrogens is 238 g/mol. The van der Waals surface area contributed by atoms with Gasteiger partial charge in [-0.3, -0.25) is 4.79 Å². The van der Waals surface area contributed by atoms with E-state index in [0.717, 1.165) is 5.69 Å². The number of ether oxygens (including phenoxy) is 1. The molecule has 0 saturated carbocycles. The van der Waals surface area contributed by atoms with Crippen LogP contribution in [0, 0.1) is 0 Å². The summed E-state index contributed by atoms with van der Waals surface area (Å²) in [5.74, 6) is 0.566. The molecule has 0 saturated heterocycles. The maximum Gasteiger partial charge on any atom is 0.255 e. The zero-order chi connectivity index (χ0) is 13.7. The lowest BCUT2D eigenvalue weighted by molar-refractivity contribution is 0.102. The summed E-state index contributed by atoms with van der Waals surface area (Å²) in [5.41, 5.74) is 1.37. The molecule has 0 atom stereocenters. The lowest BCUT2D eigenvalue weighted by Gasteiger charge is -2.11. The average Bonchev–Trinajstić information content (AvgIpc) is 2.39. The Morgan fingerprint density at radius 2 is 1.79 bits per heavy atom. The van der Waals surface area contributed by atoms with E-state index in [4.69, 9.17) is 4.74 Å². The van der Waals surface area contributed by atoms with Crippen molar-refractivity contribution in [1.82, 2.24) is 0 Å². The summed E-state index contributed by atoms with van der Waals surface area (Å²) in [4.78, 5) is 12.1. The van der Waals surface area contributed by atoms with Crippen molar-refractivity contribution in [2.24, 2.45) is 0 Å². The normalized spacial score (nSPS) is 10.3. The van der Waals surface area contributed by atoms with E-state index in [0.29, 0.717) is 11.3 Å². The second-order valence-electron chi connectivity index (χ2n) is 4.51. The first kappa shape index (κ1) is 13.1. The number of hydrogen-bond donors (Lipinski definition) is 1. The van der Waals surface area contributed by atoms with E-state index in [9.17, 15) is 4.79 Å². The summed E-state index contributed by atoms with van der Waals surface area (Å²) in [6.07, 6.45) is 0.0902. The fraction of sp³-hybridized carbons (Fsp3) is 0.188. The highest BCUT2D eigenvalue weighted by Gasteiger charge is 2.07. The minimum Gasteiger partial charge on any atom is -0.491 e. The quantitative estimate of drug-likeness (QED) is 0.904. The number of benzene rings is 2. The van der Waals surface area contributed by atoms with Crippen LogP contribution in [0.25, 0.3) is 0 Å². The molecule has 0 radical (unpaired) electrons. The number of para-hydroxylation sites is 1. The molecule has 0 fully saturated rings. The Morgan fingerprint density at radius 3 is 2.47 bits per heavy atom. The Morgan fingerprint density at radius 1 is 1.05 bits per heavy atom. The third-order valence-electron chi connectivity index (χ3n) is 2.50. The predicted octanol–water partition coefficient (Wildman–Crippen LogP) is 3.73. The summed E-state index contributed by atoms with van der Waals surface area (Å²) >= 11 is 0. The Kier molecular flexibility index (Phi) is 4.18. The first-order valence-electron chi connectivity index (χ1n) is 6.28. The zero-order valence-corrected chi connectivity index (χ0v) is 11.1. The van der Waals surface area contributed by atoms with E-state index in [2.05, 4.69) is 5.32 Å². The molecule has 2 rings (SSSR count). The molecule has 0 bridgehead atoms. The van der Waals surface area contributed by atoms with Gasteiger partial charge in [-0.15, -0.1) is 0 Å². The van der Waals surface area contributed by atoms with Gasteiger partial charge in [-0.1, -0.05) is 24.3 Å². The molecule has 3 heteroatoms. The van der Waals surface area contributed by atoms with Crippen LogP contribution in [0.5, 0.6) is 5.75 Å². The molecule has 2 aromatic rings. The molecular formula is C16H17NO2. The third-order valence-corrected chi connectivity index (χ3v) is 2.50. The summed E-state index contributed by atoms with van der Waals surface area (Å²) in [6, 6.07) is 16.6. The van der Waals surface area contributed by atoms with E-state index in [1.165, 1.54) is 0 Å². The molecule has 0 spiro atoms. The lowest BCUT2D eigenvalue weighted by Crippen LogP contribution is -2.12. The fourth-order valence-corrected chi connectivity index (χ4v) is 1.71. The molecule has 98 valence electrons. The number of rotatable bonds is 4. The van der Waals surface area contributed by atoms with Crippen molar-refractivity contribution in [1.29, 1.82) is 0 Å². The summed E-state index contributed by atoms with van der Waals surface area (Å²) in [7, 11) is 0. The van der Waals surface area contributed by atoms with Gasteiger partial charge in [0.25, 0.3) is 5.91 Å². The van der Waals surface area contributed by atoms with Crippen LogP contribution in [-0.2, 0) is 0 Å². The van der Waals surface area contributed by atoms with Crippen molar-refractivity contribution in [2.75, 3.05) is 5.32 Å². The van der Waals surface area contributed by atoms with Crippen molar-refractivity contribution in [3.8, 4) is 5.75 Å². The molecule has 0 aliphatic carbocycles. The minimum atomic E-state index is -0.139. The maximum atomic E-state index is 12.1. The van der Waals surface area contributed by atoms with Gasteiger partial charge in [-0.2, -0.15) is 0 Å². The van der Waals surface area contributed by atoms with Crippen molar-refractivity contribution in [2.45, 2.75) is 20.0 Å². The van der Waals surface area contributed by atoms with Crippen LogP contribution in [0.15, 0.2) is 54.6 Å². The minimum absolute atomic E-state index is 0.0902. The Hall–Kier alpha value is -2.29. The van der Waals surface area contributed by atoms with Crippen molar-refractivity contribution < 1.29 is 9.53 Å². The smallest absolute Gasteiger partial charge is 0.255 e. The summed E-state index contributed by atoms with van der Waals surface area (Å²) in [6.45, 7) is 3.91. The van der Waals surface area contributed by atoms with Gasteiger partial charge in [-0.05, 0) is 44.2 Å². The fourth-order valence-electron chi connectivity index (χ4n) is 1.71. The van der Waals surface area contributed by atoms with Crippen LogP contribution in [0.4, 0.5) is 5.69 Å². The molecule has 0 aromatic heterocycles. The van der Waals surface area contributed by atoms with Gasteiger partial charge in [0.15, 0.2) is 0 Å². The van der Waals surface area contributed by atoms with Crippen LogP contribution in [0.2, 0.25) is 0 Å². The molecule has 19 heavy (non-hydrogen) atoms. The topological polar surface area (TPSA) is 38.3 Å². The largest absolute Gasteiger partial charge is 0.491 e. The number of carbonyl (C=O) groups excluding carboxylic acids is 1. The van der Waals surface area contributed by atoms with Crippen LogP contribution in [0.3, 0.4) is 0 Å². The summed E-state index contributed by atoms with van der Waals surface area (Å²) < 4.78 is 5.58. The molecule has 0 unspecified atom stereocenters. The van der Waals surface area contributed by atoms with E-state index in [1.807, 2.05) is 56.3 Å². The molecule has 1 N–H and O–H groups in total. The molecule has 3 nitrogen and oxygen atoms in total. The van der Waals surface area contributed by atoms with Crippen molar-refractivity contribution >= 4 is 11.6 Å². The van der Waals surface area contributed by atoms with Gasteiger partial charge in [0.2, 0.25) is 0 Å². The summed E-state index contributed by atoms with van der Waals surface area (Å²) in [5, 5.41) is 2.84. The monoisotopic (exact) mass is 255 g/mol. The van der Waals surface area contributed by atoms with E-state index >= 15 is 0 Å². The second kappa shape index (κ2) is 6.05. The van der Waals surface area contributed by atoms with E-state index in [-0.39, 0.29) is 12.0 Å². The van der Waals surface area contributed by atoms with Gasteiger partial charge in [0.05, 0.1) is 6.10 Å². The Labute approximate surface area is 113 Å². The maximum absolute atomic E-state index is 12.1. The number of carbonyl (C=O) groups is 1. The van der Waals surface area contributed by atoms with Crippen molar-refractivity contribution in [3.05, 3.63) is 60.2 Å². The first-order valence-corrected chi connectivity index (χ1v) is 6.28. The first-order chi connectivity index (χ1) is 9.15. The molecule has 0 aliphatic heterocycles. The number of amides is 1. The molecule has 0 aliphatic rings. The zero-order valence-electron chi connectivity index (χ0n) is 11.1. The third kappa shape index (κ3) is 3.85. The Balaban J connectivity index is 2.11. The van der Waals surface area contributed by atoms with E-state index < -0.39 is 0 Å². The highest BCUT2D eigenvalue weighted by molar-refractivity contribution is 6.04. The molecule has 2 aromatic carbocycles. The Bertz CT molecular complexity index is 550. The van der Waals surface area contributed by atoms with Crippen molar-refractivity contribution in [3.63, 3.8) is 0 Å². The standard InChI is InChI=1S/C16H17NO2/c1-12(2)19-15-10-6-7-13(11-15)16(18)17-14-8-4-3-5-9-14/h3-12H,1-2H3,(H,17,18). The molecule has 0 heterocycles. The highest BCUT2D eigenvalue weighted by Crippen LogP contribution is 2.16. The molecule has 1 amide bonds. The number of anilines is 1.